The van der Waals surface area contributed by atoms with Gasteiger partial charge >= 0.3 is 103 Å². The van der Waals surface area contributed by atoms with E-state index in [9.17, 15) is 0 Å². The second kappa shape index (κ2) is 7070. The molecule has 0 amide bonds. The summed E-state index contributed by atoms with van der Waals surface area (Å²) in [5, 5.41) is 39.0. The molecule has 0 heterocycles. The van der Waals surface area contributed by atoms with Gasteiger partial charge in [0.1, 0.15) is 0 Å². The van der Waals surface area contributed by atoms with Crippen LogP contribution < -0.4 is 103 Å². The minimum absolute atomic E-state index is 0. The van der Waals surface area contributed by atoms with Crippen molar-refractivity contribution in [2.75, 3.05) is 0 Å². The summed E-state index contributed by atoms with van der Waals surface area (Å²) in [5.74, 6) is 0. The topological polar surface area (TPSA) is 174 Å². The van der Waals surface area contributed by atoms with Gasteiger partial charge in [0.2, 0.25) is 0 Å². The molecule has 0 saturated carbocycles. The van der Waals surface area contributed by atoms with Gasteiger partial charge in [0.25, 0.3) is 0 Å². The first-order valence-electron chi connectivity index (χ1n) is 1.55. The zero-order chi connectivity index (χ0) is 12.0. The van der Waals surface area contributed by atoms with E-state index in [0.29, 0.717) is 0 Å². The molecule has 7 nitrogen and oxygen atoms in total. The monoisotopic (exact) mass is 316 g/mol. The van der Waals surface area contributed by atoms with Crippen molar-refractivity contribution >= 4 is 0 Å². The summed E-state index contributed by atoms with van der Waals surface area (Å²) in [7, 11) is 0. The van der Waals surface area contributed by atoms with Gasteiger partial charge in [-0.25, -0.2) is 31.6 Å². The molecule has 0 rings (SSSR count). The molecule has 0 aliphatic rings. The molecule has 0 bridgehead atoms. The molecule has 0 radical (unpaired) electrons. The summed E-state index contributed by atoms with van der Waals surface area (Å²) < 4.78 is 0. The minimum Gasteiger partial charge on any atom is -1.00 e. The van der Waals surface area contributed by atoms with Crippen molar-refractivity contribution in [2.45, 2.75) is 0 Å². The number of rotatable bonds is 0. The van der Waals surface area contributed by atoms with E-state index in [2.05, 4.69) is 39.4 Å². The normalized spacial score (nSPS) is 0.750. The predicted octanol–water partition coefficient (Wildman–Crippen LogP) is -5.76. The van der Waals surface area contributed by atoms with Crippen LogP contribution in [0.4, 0.5) is 0 Å². The molecular weight excluding hydrogens is 306 g/mol. The summed E-state index contributed by atoms with van der Waals surface area (Å²) in [6.45, 7) is 21.0. The summed E-state index contributed by atoms with van der Waals surface area (Å²) in [6.07, 6.45) is 0. The fourth-order valence-electron chi connectivity index (χ4n) is 0. The van der Waals surface area contributed by atoms with E-state index in [1.165, 1.54) is 0 Å². The third-order valence-corrected chi connectivity index (χ3v) is 0. The fourth-order valence-corrected chi connectivity index (χ4v) is 0. The van der Waals surface area contributed by atoms with Gasteiger partial charge in [-0.2, -0.15) is 0 Å². The fraction of sp³-hybridized carbons (Fsp3) is 0. The van der Waals surface area contributed by atoms with Crippen molar-refractivity contribution in [1.82, 2.24) is 0 Å². The van der Waals surface area contributed by atoms with Crippen LogP contribution in [0.15, 0.2) is 0 Å². The maximum atomic E-state index is 6.50. The molecule has 0 aliphatic carbocycles. The van der Waals surface area contributed by atoms with Crippen LogP contribution in [-0.2, 0) is 17.1 Å². The molecule has 0 saturated heterocycles. The SMILES string of the molecule is C#N.C#N.C#N.C#N.C#N.C#N.O.[Fe].[H-].[H-].[K+].[K+]. The quantitative estimate of drug-likeness (QED) is 0.402. The molecule has 0 aromatic carbocycles. The molecule has 0 aromatic heterocycles. The Balaban J connectivity index is -0.00000000225. The van der Waals surface area contributed by atoms with Crippen molar-refractivity contribution in [2.24, 2.45) is 0 Å². The number of nitriles is 6. The van der Waals surface area contributed by atoms with Crippen LogP contribution in [0, 0.1) is 71.0 Å². The summed E-state index contributed by atoms with van der Waals surface area (Å²) >= 11 is 0. The summed E-state index contributed by atoms with van der Waals surface area (Å²) in [6, 6.07) is 0. The Bertz CT molecular complexity index is 115. The van der Waals surface area contributed by atoms with Gasteiger partial charge in [0, 0.05) is 56.5 Å². The van der Waals surface area contributed by atoms with E-state index < -0.39 is 0 Å². The Morgan fingerprint density at radius 3 is 0.438 bits per heavy atom. The standard InChI is InChI=1S/6CHN.Fe.2K.H2O.2H/c6*1-2;;;;;;/h6*1H;;;;1H2;;/q;;;;;;;2*+1;;2*-1. The third-order valence-electron chi connectivity index (χ3n) is 0. The van der Waals surface area contributed by atoms with E-state index in [0.717, 1.165) is 0 Å². The molecule has 10 heteroatoms. The van der Waals surface area contributed by atoms with Gasteiger partial charge in [-0.3, -0.25) is 0 Å². The van der Waals surface area contributed by atoms with E-state index >= 15 is 0 Å². The van der Waals surface area contributed by atoms with Crippen molar-refractivity contribution in [1.29, 1.82) is 31.6 Å². The summed E-state index contributed by atoms with van der Waals surface area (Å²) in [4.78, 5) is 0. The number of nitrogens with zero attached hydrogens (tertiary/aromatic N) is 6. The smallest absolute Gasteiger partial charge is 1.00 e. The van der Waals surface area contributed by atoms with Crippen molar-refractivity contribution in [3.8, 4) is 39.4 Å². The van der Waals surface area contributed by atoms with E-state index in [1.807, 2.05) is 0 Å². The molecule has 16 heavy (non-hydrogen) atoms. The second-order valence-electron chi connectivity index (χ2n) is 0. The molecule has 80 valence electrons. The first-order chi connectivity index (χ1) is 6.00. The Morgan fingerprint density at radius 1 is 0.438 bits per heavy atom. The Morgan fingerprint density at radius 2 is 0.438 bits per heavy atom. The molecular formula is C6H10FeK2N6O. The molecule has 0 unspecified atom stereocenters. The van der Waals surface area contributed by atoms with Gasteiger partial charge in [-0.05, 0) is 0 Å². The molecule has 0 fully saturated rings. The maximum absolute atomic E-state index is 6.50. The van der Waals surface area contributed by atoms with E-state index in [1.54, 1.807) is 0 Å². The van der Waals surface area contributed by atoms with Crippen LogP contribution in [0.3, 0.4) is 0 Å². The van der Waals surface area contributed by atoms with E-state index in [-0.39, 0.29) is 128 Å². The predicted molar refractivity (Wildman–Crippen MR) is 45.9 cm³/mol. The van der Waals surface area contributed by atoms with Gasteiger partial charge < -0.3 is 8.33 Å². The van der Waals surface area contributed by atoms with Gasteiger partial charge in [0.05, 0.1) is 0 Å². The maximum Gasteiger partial charge on any atom is 1.00 e. The van der Waals surface area contributed by atoms with Gasteiger partial charge in [0.15, 0.2) is 0 Å². The largest absolute Gasteiger partial charge is 1.00 e. The van der Waals surface area contributed by atoms with Crippen LogP contribution >= 0.6 is 0 Å². The van der Waals surface area contributed by atoms with E-state index in [4.69, 9.17) is 31.6 Å². The summed E-state index contributed by atoms with van der Waals surface area (Å²) in [5.41, 5.74) is 0. The Labute approximate surface area is 195 Å². The Hall–Kier alpha value is 0.692. The van der Waals surface area contributed by atoms with Crippen molar-refractivity contribution < 1.29 is 128 Å². The van der Waals surface area contributed by atoms with Crippen LogP contribution in [0.25, 0.3) is 0 Å². The van der Waals surface area contributed by atoms with Gasteiger partial charge in [-0.15, -0.1) is 0 Å². The average Bonchev–Trinajstić information content (AvgIpc) is 2.33. The first kappa shape index (κ1) is 91.8. The molecule has 2 N–H and O–H groups in total. The molecule has 0 aromatic rings. The number of hydrogen-bond acceptors (Lipinski definition) is 6. The zero-order valence-electron chi connectivity index (χ0n) is 11.0. The third kappa shape index (κ3) is 5750. The van der Waals surface area contributed by atoms with Gasteiger partial charge in [-0.1, -0.05) is 0 Å². The average molecular weight is 316 g/mol. The molecule has 0 aliphatic heterocycles. The van der Waals surface area contributed by atoms with Crippen LogP contribution in [0.5, 0.6) is 0 Å². The zero-order valence-corrected chi connectivity index (χ0v) is 16.4. The molecule has 0 atom stereocenters. The number of hydrogen-bond donors (Lipinski definition) is 0. The molecule has 0 spiro atoms. The van der Waals surface area contributed by atoms with Crippen LogP contribution in [-0.4, -0.2) is 5.48 Å². The van der Waals surface area contributed by atoms with Crippen LogP contribution in [0.1, 0.15) is 2.85 Å². The van der Waals surface area contributed by atoms with Crippen molar-refractivity contribution in [3.63, 3.8) is 0 Å². The minimum atomic E-state index is 0. The first-order valence-corrected chi connectivity index (χ1v) is 1.55. The second-order valence-corrected chi connectivity index (χ2v) is 0. The van der Waals surface area contributed by atoms with Crippen molar-refractivity contribution in [3.05, 3.63) is 0 Å². The van der Waals surface area contributed by atoms with Crippen LogP contribution in [0.2, 0.25) is 0 Å². The Kier molecular flexibility index (Phi) is 40600.